The van der Waals surface area contributed by atoms with Gasteiger partial charge in [-0.15, -0.1) is 0 Å². The minimum atomic E-state index is -0.0792. The van der Waals surface area contributed by atoms with Crippen molar-refractivity contribution >= 4 is 23.5 Å². The fourth-order valence-corrected chi connectivity index (χ4v) is 3.95. The Balaban J connectivity index is 1.65. The van der Waals surface area contributed by atoms with Crippen LogP contribution >= 0.6 is 11.8 Å². The zero-order chi connectivity index (χ0) is 19.8. The van der Waals surface area contributed by atoms with E-state index in [0.717, 1.165) is 47.5 Å². The average molecular weight is 401 g/mol. The van der Waals surface area contributed by atoms with Gasteiger partial charge < -0.3 is 15.0 Å². The van der Waals surface area contributed by atoms with Crippen molar-refractivity contribution in [2.75, 3.05) is 38.3 Å². The third-order valence-electron chi connectivity index (χ3n) is 4.69. The summed E-state index contributed by atoms with van der Waals surface area (Å²) in [5, 5.41) is 3.66. The molecule has 6 nitrogen and oxygen atoms in total. The number of thioether (sulfide) groups is 1. The van der Waals surface area contributed by atoms with Crippen LogP contribution in [0, 0.1) is 0 Å². The van der Waals surface area contributed by atoms with Crippen LogP contribution in [0.4, 0.5) is 5.82 Å². The summed E-state index contributed by atoms with van der Waals surface area (Å²) in [6.45, 7) is 5.28. The lowest BCUT2D eigenvalue weighted by Crippen LogP contribution is -2.26. The molecule has 1 aromatic carbocycles. The zero-order valence-electron chi connectivity index (χ0n) is 16.6. The highest BCUT2D eigenvalue weighted by molar-refractivity contribution is 7.98. The van der Waals surface area contributed by atoms with Crippen LogP contribution in [0.5, 0.6) is 0 Å². The Kier molecular flexibility index (Phi) is 7.68. The molecule has 28 heavy (non-hydrogen) atoms. The molecule has 1 aliphatic rings. The molecule has 0 unspecified atom stereocenters. The number of aryl methyl sites for hydroxylation is 1. The van der Waals surface area contributed by atoms with Gasteiger partial charge in [-0.2, -0.15) is 0 Å². The van der Waals surface area contributed by atoms with Gasteiger partial charge in [0.05, 0.1) is 6.61 Å². The van der Waals surface area contributed by atoms with Crippen LogP contribution in [0.25, 0.3) is 0 Å². The first-order chi connectivity index (χ1) is 13.7. The zero-order valence-corrected chi connectivity index (χ0v) is 17.4. The van der Waals surface area contributed by atoms with Crippen LogP contribution in [-0.4, -0.2) is 49.2 Å². The fraction of sp³-hybridized carbons (Fsp3) is 0.476. The summed E-state index contributed by atoms with van der Waals surface area (Å²) in [4.78, 5) is 24.0. The molecular formula is C21H28N4O2S. The topological polar surface area (TPSA) is 67.4 Å². The standard InChI is InChI=1S/C21H28N4O2S/c1-3-18-14-19(25-10-4-5-11-25)24-21(23-18)28-15-16-7-6-8-17(13-16)20(26)22-9-12-27-2/h6-8,13-14H,3-5,9-12,15H2,1-2H3,(H,22,26). The van der Waals surface area contributed by atoms with Crippen LogP contribution in [0.1, 0.15) is 41.4 Å². The van der Waals surface area contributed by atoms with Crippen molar-refractivity contribution < 1.29 is 9.53 Å². The van der Waals surface area contributed by atoms with Gasteiger partial charge in [0.1, 0.15) is 5.82 Å². The molecule has 7 heteroatoms. The molecule has 0 aliphatic carbocycles. The van der Waals surface area contributed by atoms with Crippen LogP contribution in [0.3, 0.4) is 0 Å². The summed E-state index contributed by atoms with van der Waals surface area (Å²) >= 11 is 1.62. The largest absolute Gasteiger partial charge is 0.383 e. The maximum Gasteiger partial charge on any atom is 0.251 e. The lowest BCUT2D eigenvalue weighted by atomic mass is 10.1. The number of ether oxygens (including phenoxy) is 1. The number of benzene rings is 1. The molecule has 0 saturated carbocycles. The summed E-state index contributed by atoms with van der Waals surface area (Å²) in [6, 6.07) is 9.82. The maximum atomic E-state index is 12.2. The molecule has 1 amide bonds. The van der Waals surface area contributed by atoms with E-state index in [1.54, 1.807) is 18.9 Å². The van der Waals surface area contributed by atoms with Crippen LogP contribution in [-0.2, 0) is 16.9 Å². The van der Waals surface area contributed by atoms with E-state index in [1.165, 1.54) is 12.8 Å². The van der Waals surface area contributed by atoms with Gasteiger partial charge in [0.15, 0.2) is 5.16 Å². The van der Waals surface area contributed by atoms with Gasteiger partial charge in [-0.25, -0.2) is 9.97 Å². The highest BCUT2D eigenvalue weighted by atomic mass is 32.2. The molecule has 0 spiro atoms. The van der Waals surface area contributed by atoms with Gasteiger partial charge >= 0.3 is 0 Å². The number of carbonyl (C=O) groups excluding carboxylic acids is 1. The second-order valence-corrected chi connectivity index (χ2v) is 7.73. The number of nitrogens with zero attached hydrogens (tertiary/aromatic N) is 3. The van der Waals surface area contributed by atoms with E-state index in [0.29, 0.717) is 18.7 Å². The Morgan fingerprint density at radius 2 is 2.07 bits per heavy atom. The summed E-state index contributed by atoms with van der Waals surface area (Å²) in [6.07, 6.45) is 3.36. The second-order valence-electron chi connectivity index (χ2n) is 6.79. The number of methoxy groups -OCH3 is 1. The van der Waals surface area contributed by atoms with Gasteiger partial charge in [0, 0.05) is 49.8 Å². The Bertz CT molecular complexity index is 794. The van der Waals surface area contributed by atoms with Crippen LogP contribution in [0.2, 0.25) is 0 Å². The SMILES string of the molecule is CCc1cc(N2CCCC2)nc(SCc2cccc(C(=O)NCCOC)c2)n1. The van der Waals surface area contributed by atoms with Gasteiger partial charge in [-0.3, -0.25) is 4.79 Å². The smallest absolute Gasteiger partial charge is 0.251 e. The molecule has 2 heterocycles. The normalized spacial score (nSPS) is 13.7. The van der Waals surface area contributed by atoms with E-state index in [4.69, 9.17) is 9.72 Å². The molecule has 3 rings (SSSR count). The molecule has 1 N–H and O–H groups in total. The molecule has 1 saturated heterocycles. The van der Waals surface area contributed by atoms with Gasteiger partial charge in [-0.1, -0.05) is 30.8 Å². The molecule has 0 atom stereocenters. The van der Waals surface area contributed by atoms with E-state index >= 15 is 0 Å². The summed E-state index contributed by atoms with van der Waals surface area (Å²) < 4.78 is 4.97. The number of amides is 1. The quantitative estimate of drug-likeness (QED) is 0.396. The van der Waals surface area contributed by atoms with Crippen molar-refractivity contribution in [3.8, 4) is 0 Å². The monoisotopic (exact) mass is 400 g/mol. The first-order valence-electron chi connectivity index (χ1n) is 9.81. The number of aromatic nitrogens is 2. The summed E-state index contributed by atoms with van der Waals surface area (Å²) in [5.74, 6) is 1.69. The van der Waals surface area contributed by atoms with Crippen molar-refractivity contribution in [3.05, 3.63) is 47.2 Å². The third-order valence-corrected chi connectivity index (χ3v) is 5.60. The van der Waals surface area contributed by atoms with Crippen molar-refractivity contribution in [2.45, 2.75) is 37.1 Å². The lowest BCUT2D eigenvalue weighted by Gasteiger charge is -2.17. The first-order valence-corrected chi connectivity index (χ1v) is 10.8. The maximum absolute atomic E-state index is 12.2. The molecule has 1 aromatic heterocycles. The Labute approximate surface area is 171 Å². The molecule has 1 fully saturated rings. The van der Waals surface area contributed by atoms with Crippen LogP contribution < -0.4 is 10.2 Å². The predicted octanol–water partition coefficient (Wildman–Crippen LogP) is 3.31. The average Bonchev–Trinajstić information content (AvgIpc) is 3.27. The highest BCUT2D eigenvalue weighted by Crippen LogP contribution is 2.25. The molecule has 1 aliphatic heterocycles. The van der Waals surface area contributed by atoms with E-state index in [-0.39, 0.29) is 5.91 Å². The molecule has 150 valence electrons. The number of hydrogen-bond acceptors (Lipinski definition) is 6. The van der Waals surface area contributed by atoms with Crippen molar-refractivity contribution in [1.29, 1.82) is 0 Å². The molecule has 2 aromatic rings. The number of nitrogens with one attached hydrogen (secondary N) is 1. The number of hydrogen-bond donors (Lipinski definition) is 1. The summed E-state index contributed by atoms with van der Waals surface area (Å²) in [5.41, 5.74) is 2.82. The van der Waals surface area contributed by atoms with Gasteiger partial charge in [0.2, 0.25) is 0 Å². The van der Waals surface area contributed by atoms with Crippen molar-refractivity contribution in [2.24, 2.45) is 0 Å². The molecule has 0 radical (unpaired) electrons. The predicted molar refractivity (Wildman–Crippen MR) is 113 cm³/mol. The van der Waals surface area contributed by atoms with Gasteiger partial charge in [-0.05, 0) is 37.0 Å². The molecular weight excluding hydrogens is 372 g/mol. The number of rotatable bonds is 9. The van der Waals surface area contributed by atoms with Gasteiger partial charge in [0.25, 0.3) is 5.91 Å². The minimum absolute atomic E-state index is 0.0792. The second kappa shape index (κ2) is 10.4. The van der Waals surface area contributed by atoms with Crippen LogP contribution in [0.15, 0.2) is 35.5 Å². The van der Waals surface area contributed by atoms with E-state index in [1.807, 2.05) is 24.3 Å². The first kappa shape index (κ1) is 20.6. The fourth-order valence-electron chi connectivity index (χ4n) is 3.13. The Morgan fingerprint density at radius 1 is 1.25 bits per heavy atom. The minimum Gasteiger partial charge on any atom is -0.383 e. The Hall–Kier alpha value is -2.12. The molecule has 0 bridgehead atoms. The lowest BCUT2D eigenvalue weighted by molar-refractivity contribution is 0.0937. The third kappa shape index (κ3) is 5.69. The number of carbonyl (C=O) groups is 1. The highest BCUT2D eigenvalue weighted by Gasteiger charge is 2.16. The van der Waals surface area contributed by atoms with E-state index in [9.17, 15) is 4.79 Å². The summed E-state index contributed by atoms with van der Waals surface area (Å²) in [7, 11) is 1.62. The Morgan fingerprint density at radius 3 is 2.82 bits per heavy atom. The van der Waals surface area contributed by atoms with E-state index in [2.05, 4.69) is 28.2 Å². The van der Waals surface area contributed by atoms with Crippen molar-refractivity contribution in [1.82, 2.24) is 15.3 Å². The van der Waals surface area contributed by atoms with E-state index < -0.39 is 0 Å². The number of anilines is 1. The van der Waals surface area contributed by atoms with Crippen molar-refractivity contribution in [3.63, 3.8) is 0 Å².